The van der Waals surface area contributed by atoms with Gasteiger partial charge >= 0.3 is 0 Å². The Labute approximate surface area is 304 Å². The zero-order chi connectivity index (χ0) is 34.6. The first kappa shape index (κ1) is 30.7. The third-order valence-electron chi connectivity index (χ3n) is 11.0. The van der Waals surface area contributed by atoms with Gasteiger partial charge in [-0.1, -0.05) is 147 Å². The molecule has 52 heavy (non-hydrogen) atoms. The fourth-order valence-corrected chi connectivity index (χ4v) is 8.60. The third kappa shape index (κ3) is 4.93. The molecule has 1 aliphatic rings. The van der Waals surface area contributed by atoms with Crippen LogP contribution in [0.1, 0.15) is 38.2 Å². The van der Waals surface area contributed by atoms with Crippen LogP contribution in [0.3, 0.4) is 0 Å². The van der Waals surface area contributed by atoms with Crippen LogP contribution in [0, 0.1) is 5.92 Å². The normalized spacial score (nSPS) is 13.5. The van der Waals surface area contributed by atoms with E-state index in [1.165, 1.54) is 101 Å². The lowest BCUT2D eigenvalue weighted by Gasteiger charge is -2.16. The first-order chi connectivity index (χ1) is 25.8. The van der Waals surface area contributed by atoms with Gasteiger partial charge in [0.1, 0.15) is 0 Å². The number of rotatable bonds is 8. The van der Waals surface area contributed by atoms with Gasteiger partial charge in [-0.15, -0.1) is 0 Å². The van der Waals surface area contributed by atoms with Crippen LogP contribution in [0.5, 0.6) is 0 Å². The Morgan fingerprint density at radius 3 is 1.63 bits per heavy atom. The smallest absolute Gasteiger partial charge is 0.0547 e. The Balaban J connectivity index is 1.26. The minimum absolute atomic E-state index is 0.724. The third-order valence-corrected chi connectivity index (χ3v) is 11.0. The second kappa shape index (κ2) is 12.6. The van der Waals surface area contributed by atoms with Crippen molar-refractivity contribution in [1.29, 1.82) is 0 Å². The lowest BCUT2D eigenvalue weighted by Crippen LogP contribution is -2.00. The Bertz CT molecular complexity index is 2810. The molecule has 1 aliphatic carbocycles. The van der Waals surface area contributed by atoms with Gasteiger partial charge < -0.3 is 9.13 Å². The highest BCUT2D eigenvalue weighted by atomic mass is 15.0. The minimum Gasteiger partial charge on any atom is -0.309 e. The Hall–Kier alpha value is -6.12. The summed E-state index contributed by atoms with van der Waals surface area (Å²) in [5.41, 5.74) is 15.1. The Morgan fingerprint density at radius 2 is 1.00 bits per heavy atom. The molecule has 2 heterocycles. The number of para-hydroxylation sites is 4. The highest BCUT2D eigenvalue weighted by molar-refractivity contribution is 6.22. The summed E-state index contributed by atoms with van der Waals surface area (Å²) in [5.74, 6) is 0.724. The largest absolute Gasteiger partial charge is 0.309 e. The van der Waals surface area contributed by atoms with Crippen molar-refractivity contribution in [2.45, 2.75) is 32.6 Å². The summed E-state index contributed by atoms with van der Waals surface area (Å²) in [7, 11) is 0. The molecule has 2 nitrogen and oxygen atoms in total. The number of aromatic nitrogens is 2. The summed E-state index contributed by atoms with van der Waals surface area (Å²) >= 11 is 0. The van der Waals surface area contributed by atoms with Gasteiger partial charge in [0.25, 0.3) is 0 Å². The molecule has 2 heteroatoms. The maximum atomic E-state index is 2.56. The minimum atomic E-state index is 0.724. The fraction of sp³-hybridized carbons (Fsp3) is 0.120. The van der Waals surface area contributed by atoms with Crippen LogP contribution in [0.15, 0.2) is 170 Å². The van der Waals surface area contributed by atoms with E-state index in [-0.39, 0.29) is 0 Å². The van der Waals surface area contributed by atoms with Gasteiger partial charge in [-0.05, 0) is 83.8 Å². The number of nitrogens with zero attached hydrogens (tertiary/aromatic N) is 2. The molecular formula is C50H40N2. The molecule has 7 aromatic carbocycles. The summed E-state index contributed by atoms with van der Waals surface area (Å²) in [6.45, 7) is 2.30. The molecule has 0 radical (unpaired) electrons. The van der Waals surface area contributed by atoms with Gasteiger partial charge in [0.15, 0.2) is 0 Å². The van der Waals surface area contributed by atoms with E-state index < -0.39 is 0 Å². The molecule has 0 bridgehead atoms. The van der Waals surface area contributed by atoms with Crippen LogP contribution in [0.2, 0.25) is 0 Å². The molecule has 1 saturated carbocycles. The van der Waals surface area contributed by atoms with E-state index in [2.05, 4.69) is 186 Å². The predicted octanol–water partition coefficient (Wildman–Crippen LogP) is 13.8. The maximum absolute atomic E-state index is 2.56. The summed E-state index contributed by atoms with van der Waals surface area (Å²) in [6.07, 6.45) is 7.42. The molecular weight excluding hydrogens is 629 g/mol. The number of allylic oxidation sites excluding steroid dienone is 2. The van der Waals surface area contributed by atoms with Gasteiger partial charge in [0.05, 0.1) is 33.4 Å². The monoisotopic (exact) mass is 668 g/mol. The second-order valence-corrected chi connectivity index (χ2v) is 14.3. The maximum Gasteiger partial charge on any atom is 0.0547 e. The number of hydrogen-bond donors (Lipinski definition) is 0. The molecule has 250 valence electrons. The molecule has 10 rings (SSSR count). The second-order valence-electron chi connectivity index (χ2n) is 14.3. The highest BCUT2D eigenvalue weighted by Crippen LogP contribution is 2.45. The van der Waals surface area contributed by atoms with Crippen LogP contribution in [0.25, 0.3) is 82.8 Å². The van der Waals surface area contributed by atoms with Crippen molar-refractivity contribution in [2.24, 2.45) is 5.92 Å². The van der Waals surface area contributed by atoms with Gasteiger partial charge in [-0.2, -0.15) is 0 Å². The Kier molecular flexibility index (Phi) is 7.42. The van der Waals surface area contributed by atoms with E-state index in [1.807, 2.05) is 0 Å². The van der Waals surface area contributed by atoms with Crippen molar-refractivity contribution in [3.05, 3.63) is 175 Å². The first-order valence-corrected chi connectivity index (χ1v) is 18.8. The molecule has 1 fully saturated rings. The van der Waals surface area contributed by atoms with Crippen molar-refractivity contribution in [1.82, 2.24) is 9.13 Å². The number of fused-ring (bicyclic) bond motifs is 6. The molecule has 0 atom stereocenters. The average molecular weight is 669 g/mol. The lowest BCUT2D eigenvalue weighted by molar-refractivity contribution is 0.958. The first-order valence-electron chi connectivity index (χ1n) is 18.8. The van der Waals surface area contributed by atoms with Crippen LogP contribution in [0.4, 0.5) is 0 Å². The zero-order valence-corrected chi connectivity index (χ0v) is 29.5. The average Bonchev–Trinajstić information content (AvgIpc) is 3.88. The summed E-state index contributed by atoms with van der Waals surface area (Å²) < 4.78 is 5.00. The molecule has 0 saturated heterocycles. The van der Waals surface area contributed by atoms with E-state index in [0.717, 1.165) is 18.8 Å². The van der Waals surface area contributed by atoms with Crippen LogP contribution < -0.4 is 0 Å². The molecule has 0 unspecified atom stereocenters. The molecule has 0 amide bonds. The van der Waals surface area contributed by atoms with Crippen molar-refractivity contribution in [3.8, 4) is 33.6 Å². The van der Waals surface area contributed by atoms with Crippen LogP contribution >= 0.6 is 0 Å². The zero-order valence-electron chi connectivity index (χ0n) is 29.5. The SMILES string of the molecule is CCC/C(=C\C1CC1)c1ccccc1-n1c2ccccc2c2c(-c3cccc4c3c3ccccc3n4-c3ccccc3-c3ccccc3)cccc21. The summed E-state index contributed by atoms with van der Waals surface area (Å²) in [5, 5.41) is 5.12. The van der Waals surface area contributed by atoms with E-state index >= 15 is 0 Å². The standard InChI is InChI=1S/C50H40N2/c1-2-16-36(33-34-31-32-34)38-20-7-11-26-44(38)52-46-28-13-9-22-42(46)50-40(24-15-30-48(50)52)39-23-14-29-47-49(39)41-21-8-12-27-45(41)51(47)43-25-10-6-19-37(43)35-17-4-3-5-18-35/h3-15,17-30,33-34H,2,16,31-32H2,1H3/b36-33+. The van der Waals surface area contributed by atoms with Crippen molar-refractivity contribution in [2.75, 3.05) is 0 Å². The van der Waals surface area contributed by atoms with Gasteiger partial charge in [-0.25, -0.2) is 0 Å². The highest BCUT2D eigenvalue weighted by Gasteiger charge is 2.24. The lowest BCUT2D eigenvalue weighted by atomic mass is 9.95. The van der Waals surface area contributed by atoms with Gasteiger partial charge in [0, 0.05) is 32.7 Å². The van der Waals surface area contributed by atoms with Gasteiger partial charge in [0.2, 0.25) is 0 Å². The van der Waals surface area contributed by atoms with E-state index in [4.69, 9.17) is 0 Å². The molecule has 0 N–H and O–H groups in total. The molecule has 2 aromatic heterocycles. The van der Waals surface area contributed by atoms with Crippen LogP contribution in [-0.2, 0) is 0 Å². The van der Waals surface area contributed by atoms with Crippen molar-refractivity contribution >= 4 is 49.2 Å². The number of benzene rings is 7. The topological polar surface area (TPSA) is 9.86 Å². The number of hydrogen-bond acceptors (Lipinski definition) is 0. The molecule has 0 aliphatic heterocycles. The summed E-state index contributed by atoms with van der Waals surface area (Å²) in [4.78, 5) is 0. The fourth-order valence-electron chi connectivity index (χ4n) is 8.60. The van der Waals surface area contributed by atoms with Crippen molar-refractivity contribution < 1.29 is 0 Å². The summed E-state index contributed by atoms with van der Waals surface area (Å²) in [6, 6.07) is 60.3. The molecule has 9 aromatic rings. The van der Waals surface area contributed by atoms with Crippen molar-refractivity contribution in [3.63, 3.8) is 0 Å². The van der Waals surface area contributed by atoms with E-state index in [1.54, 1.807) is 0 Å². The Morgan fingerprint density at radius 1 is 0.500 bits per heavy atom. The molecule has 0 spiro atoms. The van der Waals surface area contributed by atoms with E-state index in [0.29, 0.717) is 0 Å². The predicted molar refractivity (Wildman–Crippen MR) is 222 cm³/mol. The van der Waals surface area contributed by atoms with E-state index in [9.17, 15) is 0 Å². The quantitative estimate of drug-likeness (QED) is 0.152. The van der Waals surface area contributed by atoms with Crippen LogP contribution in [-0.4, -0.2) is 9.13 Å². The van der Waals surface area contributed by atoms with Gasteiger partial charge in [-0.3, -0.25) is 0 Å².